The maximum absolute atomic E-state index is 12.7. The Balaban J connectivity index is 1.73. The first-order valence-corrected chi connectivity index (χ1v) is 11.6. The number of sulfone groups is 1. The highest BCUT2D eigenvalue weighted by atomic mass is 32.2. The SMILES string of the molecule is C[C@@H](NS(=O)(=O)N1CCc2ccccc2C1)c1ccc(S(C)(=O)=O)cc1. The smallest absolute Gasteiger partial charge is 0.224 e. The van der Waals surface area contributed by atoms with Crippen molar-refractivity contribution in [2.45, 2.75) is 30.8 Å². The van der Waals surface area contributed by atoms with E-state index in [-0.39, 0.29) is 4.90 Å². The van der Waals surface area contributed by atoms with Crippen LogP contribution in [0, 0.1) is 0 Å². The molecule has 0 saturated carbocycles. The lowest BCUT2D eigenvalue weighted by Crippen LogP contribution is -2.44. The molecule has 0 spiro atoms. The molecule has 8 heteroatoms. The maximum atomic E-state index is 12.7. The Morgan fingerprint density at radius 1 is 0.962 bits per heavy atom. The Bertz CT molecular complexity index is 1000. The third-order valence-electron chi connectivity index (χ3n) is 4.57. The number of fused-ring (bicyclic) bond motifs is 1. The molecule has 0 unspecified atom stereocenters. The van der Waals surface area contributed by atoms with Crippen LogP contribution in [0.15, 0.2) is 53.4 Å². The minimum Gasteiger partial charge on any atom is -0.224 e. The van der Waals surface area contributed by atoms with Gasteiger partial charge in [0.15, 0.2) is 9.84 Å². The molecule has 1 aliphatic rings. The van der Waals surface area contributed by atoms with Crippen LogP contribution in [0.25, 0.3) is 0 Å². The van der Waals surface area contributed by atoms with E-state index in [1.54, 1.807) is 19.1 Å². The van der Waals surface area contributed by atoms with Gasteiger partial charge in [0, 0.05) is 25.4 Å². The Kier molecular flexibility index (Phi) is 5.21. The predicted molar refractivity (Wildman–Crippen MR) is 101 cm³/mol. The number of hydrogen-bond donors (Lipinski definition) is 1. The van der Waals surface area contributed by atoms with E-state index in [2.05, 4.69) is 4.72 Å². The topological polar surface area (TPSA) is 83.6 Å². The molecule has 26 heavy (non-hydrogen) atoms. The molecule has 1 atom stereocenters. The van der Waals surface area contributed by atoms with Crippen molar-refractivity contribution in [3.8, 4) is 0 Å². The summed E-state index contributed by atoms with van der Waals surface area (Å²) in [7, 11) is -6.92. The van der Waals surface area contributed by atoms with Crippen LogP contribution in [0.5, 0.6) is 0 Å². The molecule has 1 heterocycles. The second kappa shape index (κ2) is 7.11. The number of nitrogens with one attached hydrogen (secondary N) is 1. The van der Waals surface area contributed by atoms with Gasteiger partial charge in [0.05, 0.1) is 4.90 Å². The van der Waals surface area contributed by atoms with Gasteiger partial charge in [-0.2, -0.15) is 17.4 Å². The molecule has 1 aliphatic heterocycles. The zero-order valence-electron chi connectivity index (χ0n) is 14.7. The molecule has 0 saturated heterocycles. The quantitative estimate of drug-likeness (QED) is 0.841. The van der Waals surface area contributed by atoms with E-state index in [4.69, 9.17) is 0 Å². The first-order chi connectivity index (χ1) is 12.2. The van der Waals surface area contributed by atoms with Crippen molar-refractivity contribution in [3.05, 3.63) is 65.2 Å². The average Bonchev–Trinajstić information content (AvgIpc) is 2.60. The first kappa shape index (κ1) is 19.0. The summed E-state index contributed by atoms with van der Waals surface area (Å²) in [6.07, 6.45) is 1.83. The van der Waals surface area contributed by atoms with Crippen LogP contribution in [0.4, 0.5) is 0 Å². The summed E-state index contributed by atoms with van der Waals surface area (Å²) in [6, 6.07) is 13.6. The zero-order valence-corrected chi connectivity index (χ0v) is 16.3. The van der Waals surface area contributed by atoms with Gasteiger partial charge >= 0.3 is 0 Å². The third-order valence-corrected chi connectivity index (χ3v) is 7.34. The highest BCUT2D eigenvalue weighted by molar-refractivity contribution is 7.90. The van der Waals surface area contributed by atoms with Crippen molar-refractivity contribution in [1.29, 1.82) is 0 Å². The van der Waals surface area contributed by atoms with Gasteiger partial charge in [-0.25, -0.2) is 8.42 Å². The van der Waals surface area contributed by atoms with E-state index >= 15 is 0 Å². The van der Waals surface area contributed by atoms with Gasteiger partial charge in [-0.1, -0.05) is 36.4 Å². The molecular weight excluding hydrogens is 372 g/mol. The van der Waals surface area contributed by atoms with Crippen molar-refractivity contribution >= 4 is 20.0 Å². The highest BCUT2D eigenvalue weighted by Crippen LogP contribution is 2.22. The summed E-state index contributed by atoms with van der Waals surface area (Å²) >= 11 is 0. The molecule has 3 rings (SSSR count). The third kappa shape index (κ3) is 4.15. The number of benzene rings is 2. The second-order valence-corrected chi connectivity index (χ2v) is 10.3. The van der Waals surface area contributed by atoms with E-state index in [1.807, 2.05) is 24.3 Å². The van der Waals surface area contributed by atoms with E-state index in [0.29, 0.717) is 25.1 Å². The fourth-order valence-corrected chi connectivity index (χ4v) is 5.05. The van der Waals surface area contributed by atoms with Crippen LogP contribution in [0.2, 0.25) is 0 Å². The van der Waals surface area contributed by atoms with Crippen LogP contribution in [0.1, 0.15) is 29.7 Å². The van der Waals surface area contributed by atoms with E-state index in [0.717, 1.165) is 11.8 Å². The molecule has 0 aliphatic carbocycles. The van der Waals surface area contributed by atoms with Gasteiger partial charge in [-0.3, -0.25) is 0 Å². The Morgan fingerprint density at radius 3 is 2.19 bits per heavy atom. The monoisotopic (exact) mass is 394 g/mol. The Labute approximate surface area is 155 Å². The number of hydrogen-bond acceptors (Lipinski definition) is 4. The minimum absolute atomic E-state index is 0.212. The number of nitrogens with zero attached hydrogens (tertiary/aromatic N) is 1. The maximum Gasteiger partial charge on any atom is 0.280 e. The average molecular weight is 395 g/mol. The predicted octanol–water partition coefficient (Wildman–Crippen LogP) is 2.04. The van der Waals surface area contributed by atoms with Crippen molar-refractivity contribution in [2.75, 3.05) is 12.8 Å². The summed E-state index contributed by atoms with van der Waals surface area (Å²) in [6.45, 7) is 2.53. The number of rotatable bonds is 5. The molecule has 0 fully saturated rings. The van der Waals surface area contributed by atoms with Crippen LogP contribution in [0.3, 0.4) is 0 Å². The van der Waals surface area contributed by atoms with Gasteiger partial charge in [-0.15, -0.1) is 0 Å². The van der Waals surface area contributed by atoms with E-state index in [1.165, 1.54) is 22.0 Å². The summed E-state index contributed by atoms with van der Waals surface area (Å²) in [5.74, 6) is 0. The molecule has 0 bridgehead atoms. The van der Waals surface area contributed by atoms with E-state index < -0.39 is 26.1 Å². The van der Waals surface area contributed by atoms with Crippen molar-refractivity contribution in [3.63, 3.8) is 0 Å². The Morgan fingerprint density at radius 2 is 1.58 bits per heavy atom. The molecule has 0 aromatic heterocycles. The molecule has 0 amide bonds. The van der Waals surface area contributed by atoms with Crippen LogP contribution in [-0.4, -0.2) is 33.9 Å². The van der Waals surface area contributed by atoms with Crippen LogP contribution >= 0.6 is 0 Å². The molecule has 2 aromatic rings. The summed E-state index contributed by atoms with van der Waals surface area (Å²) < 4.78 is 52.6. The van der Waals surface area contributed by atoms with Gasteiger partial charge in [0.25, 0.3) is 10.2 Å². The van der Waals surface area contributed by atoms with Crippen molar-refractivity contribution in [1.82, 2.24) is 9.03 Å². The minimum atomic E-state index is -3.65. The second-order valence-electron chi connectivity index (χ2n) is 6.54. The summed E-state index contributed by atoms with van der Waals surface area (Å²) in [4.78, 5) is 0.212. The summed E-state index contributed by atoms with van der Waals surface area (Å²) in [5.41, 5.74) is 2.91. The standard InChI is InChI=1S/C18H22N2O4S2/c1-14(15-7-9-18(10-8-15)25(2,21)22)19-26(23,24)20-12-11-16-5-3-4-6-17(16)13-20/h3-10,14,19H,11-13H2,1-2H3/t14-/m1/s1. The largest absolute Gasteiger partial charge is 0.280 e. The van der Waals surface area contributed by atoms with Crippen molar-refractivity contribution < 1.29 is 16.8 Å². The normalized spacial score (nSPS) is 16.8. The van der Waals surface area contributed by atoms with Gasteiger partial charge in [0.2, 0.25) is 0 Å². The lowest BCUT2D eigenvalue weighted by atomic mass is 10.0. The van der Waals surface area contributed by atoms with E-state index in [9.17, 15) is 16.8 Å². The highest BCUT2D eigenvalue weighted by Gasteiger charge is 2.28. The Hall–Kier alpha value is -1.74. The van der Waals surface area contributed by atoms with Gasteiger partial charge in [-0.05, 0) is 42.2 Å². The fraction of sp³-hybridized carbons (Fsp3) is 0.333. The van der Waals surface area contributed by atoms with Crippen molar-refractivity contribution in [2.24, 2.45) is 0 Å². The van der Waals surface area contributed by atoms with Crippen LogP contribution in [-0.2, 0) is 33.0 Å². The molecular formula is C18H22N2O4S2. The molecule has 0 radical (unpaired) electrons. The fourth-order valence-electron chi connectivity index (χ4n) is 3.04. The molecule has 140 valence electrons. The molecule has 2 aromatic carbocycles. The van der Waals surface area contributed by atoms with Gasteiger partial charge < -0.3 is 0 Å². The molecule has 6 nitrogen and oxygen atoms in total. The van der Waals surface area contributed by atoms with Gasteiger partial charge in [0.1, 0.15) is 0 Å². The lowest BCUT2D eigenvalue weighted by molar-refractivity contribution is 0.380. The summed E-state index contributed by atoms with van der Waals surface area (Å²) in [5, 5.41) is 0. The lowest BCUT2D eigenvalue weighted by Gasteiger charge is -2.29. The zero-order chi connectivity index (χ0) is 18.9. The first-order valence-electron chi connectivity index (χ1n) is 8.31. The molecule has 1 N–H and O–H groups in total. The van der Waals surface area contributed by atoms with Crippen LogP contribution < -0.4 is 4.72 Å².